The second-order valence-electron chi connectivity index (χ2n) is 9.31. The molecule has 0 amide bonds. The highest BCUT2D eigenvalue weighted by atomic mass is 35.5. The number of benzene rings is 1. The second kappa shape index (κ2) is 8.65. The molecule has 0 radical (unpaired) electrons. The normalized spacial score (nSPS) is 22.2. The van der Waals surface area contributed by atoms with Crippen molar-refractivity contribution in [1.82, 2.24) is 10.6 Å². The van der Waals surface area contributed by atoms with E-state index in [0.717, 1.165) is 26.1 Å². The molecule has 28 heavy (non-hydrogen) atoms. The molecule has 0 saturated heterocycles. The Morgan fingerprint density at radius 3 is 2.25 bits per heavy atom. The summed E-state index contributed by atoms with van der Waals surface area (Å²) >= 11 is 0. The molecule has 0 bridgehead atoms. The summed E-state index contributed by atoms with van der Waals surface area (Å²) < 4.78 is 0. The summed E-state index contributed by atoms with van der Waals surface area (Å²) in [6.45, 7) is 12.6. The maximum atomic E-state index is 3.57. The van der Waals surface area contributed by atoms with E-state index in [9.17, 15) is 0 Å². The Bertz CT molecular complexity index is 816. The van der Waals surface area contributed by atoms with E-state index in [1.54, 1.807) is 5.56 Å². The molecule has 4 heteroatoms. The number of fused-ring (bicyclic) bond motifs is 1. The molecule has 2 heterocycles. The van der Waals surface area contributed by atoms with Gasteiger partial charge in [-0.1, -0.05) is 58.0 Å². The van der Waals surface area contributed by atoms with Crippen LogP contribution in [-0.2, 0) is 10.8 Å². The number of dihydropyridines is 1. The van der Waals surface area contributed by atoms with Gasteiger partial charge in [0, 0.05) is 18.8 Å². The molecule has 1 aromatic carbocycles. The molecule has 0 spiro atoms. The van der Waals surface area contributed by atoms with Gasteiger partial charge >= 0.3 is 0 Å². The van der Waals surface area contributed by atoms with Crippen molar-refractivity contribution >= 4 is 30.4 Å². The summed E-state index contributed by atoms with van der Waals surface area (Å²) in [7, 11) is 0. The Morgan fingerprint density at radius 2 is 1.57 bits per heavy atom. The fourth-order valence-corrected chi connectivity index (χ4v) is 4.58. The maximum absolute atomic E-state index is 3.57. The first kappa shape index (κ1) is 23.1. The minimum atomic E-state index is 0. The van der Waals surface area contributed by atoms with Gasteiger partial charge < -0.3 is 10.6 Å². The molecule has 0 saturated carbocycles. The van der Waals surface area contributed by atoms with Crippen LogP contribution in [0.2, 0.25) is 0 Å². The van der Waals surface area contributed by atoms with Crippen molar-refractivity contribution in [3.05, 3.63) is 64.4 Å². The van der Waals surface area contributed by atoms with E-state index in [4.69, 9.17) is 0 Å². The Balaban J connectivity index is 0.00000140. The quantitative estimate of drug-likeness (QED) is 0.643. The van der Waals surface area contributed by atoms with Gasteiger partial charge in [0.2, 0.25) is 0 Å². The Labute approximate surface area is 182 Å². The van der Waals surface area contributed by atoms with E-state index in [1.807, 2.05) is 0 Å². The zero-order valence-corrected chi connectivity index (χ0v) is 19.2. The van der Waals surface area contributed by atoms with Gasteiger partial charge in [0.1, 0.15) is 0 Å². The van der Waals surface area contributed by atoms with Gasteiger partial charge in [-0.25, -0.2) is 0 Å². The standard InChI is InChI=1S/C24H32N2.2ClH/c1-23(2)10-11-24(3,4)21-15-18(5-6-20(21)23)19-9-14-26-22(16-19)17-7-12-25-13-8-17;;/h5-7,9,15-16,25-26H,8,10-14H2,1-4H3;2*1H. The number of hydrogen-bond acceptors (Lipinski definition) is 2. The highest BCUT2D eigenvalue weighted by Crippen LogP contribution is 2.46. The SMILES string of the molecule is CC1(C)CCC(C)(C)c2cc(C3=CCNC(C4=CCNCC4)=C3)ccc21.Cl.Cl. The van der Waals surface area contributed by atoms with Crippen molar-refractivity contribution in [3.63, 3.8) is 0 Å². The van der Waals surface area contributed by atoms with Crippen molar-refractivity contribution in [2.45, 2.75) is 57.8 Å². The lowest BCUT2D eigenvalue weighted by atomic mass is 9.63. The van der Waals surface area contributed by atoms with Gasteiger partial charge in [-0.3, -0.25) is 0 Å². The first-order valence-electron chi connectivity index (χ1n) is 10.1. The largest absolute Gasteiger partial charge is 0.381 e. The van der Waals surface area contributed by atoms with E-state index < -0.39 is 0 Å². The maximum Gasteiger partial charge on any atom is 0.0379 e. The summed E-state index contributed by atoms with van der Waals surface area (Å²) in [4.78, 5) is 0. The van der Waals surface area contributed by atoms with Gasteiger partial charge in [-0.15, -0.1) is 24.8 Å². The predicted molar refractivity (Wildman–Crippen MR) is 126 cm³/mol. The number of nitrogens with one attached hydrogen (secondary N) is 2. The lowest BCUT2D eigenvalue weighted by Gasteiger charge is -2.42. The zero-order valence-electron chi connectivity index (χ0n) is 17.5. The van der Waals surface area contributed by atoms with Crippen molar-refractivity contribution in [2.75, 3.05) is 19.6 Å². The zero-order chi connectivity index (χ0) is 18.4. The van der Waals surface area contributed by atoms with Crippen LogP contribution in [-0.4, -0.2) is 19.6 Å². The second-order valence-corrected chi connectivity index (χ2v) is 9.31. The van der Waals surface area contributed by atoms with Gasteiger partial charge in [-0.2, -0.15) is 0 Å². The van der Waals surface area contributed by atoms with Crippen LogP contribution in [0, 0.1) is 0 Å². The van der Waals surface area contributed by atoms with E-state index in [0.29, 0.717) is 0 Å². The monoisotopic (exact) mass is 420 g/mol. The molecule has 0 aromatic heterocycles. The lowest BCUT2D eigenvalue weighted by Crippen LogP contribution is -2.33. The molecule has 0 atom stereocenters. The molecule has 0 fully saturated rings. The highest BCUT2D eigenvalue weighted by molar-refractivity contribution is 5.85. The summed E-state index contributed by atoms with van der Waals surface area (Å²) in [5.74, 6) is 0. The Kier molecular flexibility index (Phi) is 7.12. The van der Waals surface area contributed by atoms with Crippen molar-refractivity contribution in [2.24, 2.45) is 0 Å². The smallest absolute Gasteiger partial charge is 0.0379 e. The molecule has 0 unspecified atom stereocenters. The first-order valence-corrected chi connectivity index (χ1v) is 10.1. The number of allylic oxidation sites excluding steroid dienone is 3. The fourth-order valence-electron chi connectivity index (χ4n) is 4.58. The molecule has 3 aliphatic rings. The van der Waals surface area contributed by atoms with Gasteiger partial charge in [0.15, 0.2) is 0 Å². The van der Waals surface area contributed by atoms with Crippen LogP contribution in [0.1, 0.15) is 63.6 Å². The predicted octanol–water partition coefficient (Wildman–Crippen LogP) is 5.67. The molecule has 2 N–H and O–H groups in total. The molecule has 1 aliphatic carbocycles. The Morgan fingerprint density at radius 1 is 0.857 bits per heavy atom. The topological polar surface area (TPSA) is 24.1 Å². The van der Waals surface area contributed by atoms with Crippen LogP contribution in [0.25, 0.3) is 5.57 Å². The Hall–Kier alpha value is -1.22. The summed E-state index contributed by atoms with van der Waals surface area (Å²) in [5, 5.41) is 6.97. The van der Waals surface area contributed by atoms with Crippen molar-refractivity contribution < 1.29 is 0 Å². The van der Waals surface area contributed by atoms with Gasteiger partial charge in [0.25, 0.3) is 0 Å². The molecule has 2 aliphatic heterocycles. The van der Waals surface area contributed by atoms with Crippen molar-refractivity contribution in [3.8, 4) is 0 Å². The molecule has 154 valence electrons. The molecular weight excluding hydrogens is 387 g/mol. The third kappa shape index (κ3) is 4.35. The first-order chi connectivity index (χ1) is 12.4. The minimum absolute atomic E-state index is 0. The number of hydrogen-bond donors (Lipinski definition) is 2. The fraction of sp³-hybridized carbons (Fsp3) is 0.500. The molecule has 1 aromatic rings. The summed E-state index contributed by atoms with van der Waals surface area (Å²) in [6.07, 6.45) is 10.6. The van der Waals surface area contributed by atoms with E-state index >= 15 is 0 Å². The lowest BCUT2D eigenvalue weighted by molar-refractivity contribution is 0.332. The van der Waals surface area contributed by atoms with Gasteiger partial charge in [0.05, 0.1) is 0 Å². The third-order valence-corrected chi connectivity index (χ3v) is 6.51. The van der Waals surface area contributed by atoms with Crippen LogP contribution in [0.4, 0.5) is 0 Å². The van der Waals surface area contributed by atoms with Crippen LogP contribution < -0.4 is 10.6 Å². The molecular formula is C24H34Cl2N2. The minimum Gasteiger partial charge on any atom is -0.381 e. The molecule has 4 rings (SSSR count). The third-order valence-electron chi connectivity index (χ3n) is 6.51. The van der Waals surface area contributed by atoms with Crippen LogP contribution >= 0.6 is 24.8 Å². The van der Waals surface area contributed by atoms with E-state index in [-0.39, 0.29) is 35.6 Å². The number of halogens is 2. The van der Waals surface area contributed by atoms with Crippen molar-refractivity contribution in [1.29, 1.82) is 0 Å². The summed E-state index contributed by atoms with van der Waals surface area (Å²) in [5.41, 5.74) is 9.11. The average Bonchev–Trinajstić information content (AvgIpc) is 2.66. The molecule has 2 nitrogen and oxygen atoms in total. The van der Waals surface area contributed by atoms with E-state index in [1.165, 1.54) is 40.8 Å². The van der Waals surface area contributed by atoms with E-state index in [2.05, 4.69) is 74.8 Å². The van der Waals surface area contributed by atoms with Crippen LogP contribution in [0.3, 0.4) is 0 Å². The average molecular weight is 421 g/mol. The van der Waals surface area contributed by atoms with Gasteiger partial charge in [-0.05, 0) is 70.5 Å². The summed E-state index contributed by atoms with van der Waals surface area (Å²) in [6, 6.07) is 7.20. The number of rotatable bonds is 2. The van der Waals surface area contributed by atoms with Crippen LogP contribution in [0.5, 0.6) is 0 Å². The van der Waals surface area contributed by atoms with Crippen LogP contribution in [0.15, 0.2) is 47.7 Å². The highest BCUT2D eigenvalue weighted by Gasteiger charge is 2.37.